The van der Waals surface area contributed by atoms with Crippen molar-refractivity contribution in [2.24, 2.45) is 10.9 Å². The number of aliphatic imine (C=N–C) groups is 1. The fraction of sp³-hybridized carbons (Fsp3) is 0.750. The van der Waals surface area contributed by atoms with Gasteiger partial charge in [-0.25, -0.2) is 4.98 Å². The molecule has 0 saturated carbocycles. The Kier molecular flexibility index (Phi) is 11.0. The molecule has 1 heterocycles. The average molecular weight is 453 g/mol. The van der Waals surface area contributed by atoms with Gasteiger partial charge in [0, 0.05) is 24.5 Å². The van der Waals surface area contributed by atoms with Gasteiger partial charge in [-0.1, -0.05) is 13.8 Å². The van der Waals surface area contributed by atoms with Gasteiger partial charge in [0.05, 0.1) is 17.2 Å². The fourth-order valence-electron chi connectivity index (χ4n) is 2.36. The number of hydrogen-bond donors (Lipinski definition) is 2. The second-order valence-corrected chi connectivity index (χ2v) is 7.58. The van der Waals surface area contributed by atoms with Gasteiger partial charge >= 0.3 is 0 Å². The Balaban J connectivity index is 0.00000484. The lowest BCUT2D eigenvalue weighted by molar-refractivity contribution is 0.254. The lowest BCUT2D eigenvalue weighted by Crippen LogP contribution is -2.45. The molecule has 0 amide bonds. The van der Waals surface area contributed by atoms with E-state index in [2.05, 4.69) is 60.4 Å². The van der Waals surface area contributed by atoms with Gasteiger partial charge in [-0.05, 0) is 40.3 Å². The molecule has 1 unspecified atom stereocenters. The predicted octanol–water partition coefficient (Wildman–Crippen LogP) is 3.02. The Morgan fingerprint density at radius 1 is 1.26 bits per heavy atom. The Morgan fingerprint density at radius 3 is 2.35 bits per heavy atom. The smallest absolute Gasteiger partial charge is 0.191 e. The quantitative estimate of drug-likeness (QED) is 0.379. The first kappa shape index (κ1) is 22.6. The first-order chi connectivity index (χ1) is 10.3. The molecule has 0 spiro atoms. The maximum Gasteiger partial charge on any atom is 0.191 e. The molecular formula is C16H32IN5S. The Bertz CT molecular complexity index is 485. The van der Waals surface area contributed by atoms with Crippen LogP contribution in [0.1, 0.15) is 35.8 Å². The molecule has 5 nitrogen and oxygen atoms in total. The van der Waals surface area contributed by atoms with Gasteiger partial charge in [0.25, 0.3) is 0 Å². The van der Waals surface area contributed by atoms with Crippen molar-refractivity contribution in [3.8, 4) is 0 Å². The zero-order valence-electron chi connectivity index (χ0n) is 15.4. The summed E-state index contributed by atoms with van der Waals surface area (Å²) in [5, 5.41) is 7.93. The van der Waals surface area contributed by atoms with Gasteiger partial charge < -0.3 is 15.5 Å². The van der Waals surface area contributed by atoms with Crippen molar-refractivity contribution in [2.45, 2.75) is 46.7 Å². The highest BCUT2D eigenvalue weighted by atomic mass is 127. The highest BCUT2D eigenvalue weighted by molar-refractivity contribution is 14.0. The number of halogens is 1. The first-order valence-corrected chi connectivity index (χ1v) is 8.69. The van der Waals surface area contributed by atoms with Gasteiger partial charge in [0.1, 0.15) is 0 Å². The summed E-state index contributed by atoms with van der Waals surface area (Å²) >= 11 is 1.74. The van der Waals surface area contributed by atoms with Crippen LogP contribution in [-0.4, -0.2) is 49.6 Å². The number of nitrogens with one attached hydrogen (secondary N) is 2. The molecule has 134 valence electrons. The van der Waals surface area contributed by atoms with Crippen LogP contribution in [0.25, 0.3) is 0 Å². The van der Waals surface area contributed by atoms with Gasteiger partial charge in [-0.15, -0.1) is 35.3 Å². The van der Waals surface area contributed by atoms with E-state index in [-0.39, 0.29) is 24.0 Å². The number of aromatic nitrogens is 1. The lowest BCUT2D eigenvalue weighted by atomic mass is 10.0. The highest BCUT2D eigenvalue weighted by Crippen LogP contribution is 2.16. The number of guanidine groups is 1. The van der Waals surface area contributed by atoms with E-state index in [1.807, 2.05) is 14.0 Å². The van der Waals surface area contributed by atoms with Crippen LogP contribution in [0.5, 0.6) is 0 Å². The molecule has 1 rings (SSSR count). The number of rotatable bonds is 7. The van der Waals surface area contributed by atoms with E-state index in [4.69, 9.17) is 0 Å². The first-order valence-electron chi connectivity index (χ1n) is 7.87. The minimum Gasteiger partial charge on any atom is -0.355 e. The van der Waals surface area contributed by atoms with Crippen LogP contribution >= 0.6 is 35.3 Å². The van der Waals surface area contributed by atoms with Gasteiger partial charge in [-0.3, -0.25) is 4.99 Å². The van der Waals surface area contributed by atoms with E-state index in [0.29, 0.717) is 12.0 Å². The third-order valence-corrected chi connectivity index (χ3v) is 4.69. The molecule has 0 radical (unpaired) electrons. The van der Waals surface area contributed by atoms with Crippen molar-refractivity contribution in [1.29, 1.82) is 0 Å². The SMILES string of the molecule is CN=C(NCc1sc(C)nc1C)NCC(CC(C)C)N(C)C.I. The summed E-state index contributed by atoms with van der Waals surface area (Å²) in [6, 6.07) is 0.505. The molecule has 1 aromatic rings. The molecule has 1 aromatic heterocycles. The Hall–Kier alpha value is -0.410. The lowest BCUT2D eigenvalue weighted by Gasteiger charge is -2.27. The molecule has 0 aliphatic heterocycles. The van der Waals surface area contributed by atoms with E-state index in [1.54, 1.807) is 11.3 Å². The van der Waals surface area contributed by atoms with Gasteiger partial charge in [-0.2, -0.15) is 0 Å². The second-order valence-electron chi connectivity index (χ2n) is 6.30. The van der Waals surface area contributed by atoms with Gasteiger partial charge in [0.15, 0.2) is 5.96 Å². The van der Waals surface area contributed by atoms with E-state index in [0.717, 1.165) is 29.8 Å². The zero-order valence-corrected chi connectivity index (χ0v) is 18.6. The number of hydrogen-bond acceptors (Lipinski definition) is 4. The summed E-state index contributed by atoms with van der Waals surface area (Å²) in [4.78, 5) is 12.3. The van der Waals surface area contributed by atoms with Crippen molar-refractivity contribution >= 4 is 41.3 Å². The summed E-state index contributed by atoms with van der Waals surface area (Å²) in [5.41, 5.74) is 1.11. The maximum absolute atomic E-state index is 4.46. The summed E-state index contributed by atoms with van der Waals surface area (Å²) in [5.74, 6) is 1.54. The van der Waals surface area contributed by atoms with Crippen molar-refractivity contribution in [1.82, 2.24) is 20.5 Å². The van der Waals surface area contributed by atoms with Crippen LogP contribution in [0.15, 0.2) is 4.99 Å². The monoisotopic (exact) mass is 453 g/mol. The van der Waals surface area contributed by atoms with Crippen LogP contribution < -0.4 is 10.6 Å². The normalized spacial score (nSPS) is 13.2. The largest absolute Gasteiger partial charge is 0.355 e. The van der Waals surface area contributed by atoms with Crippen LogP contribution in [0.2, 0.25) is 0 Å². The van der Waals surface area contributed by atoms with E-state index >= 15 is 0 Å². The molecule has 1 atom stereocenters. The van der Waals surface area contributed by atoms with Crippen LogP contribution in [-0.2, 0) is 6.54 Å². The molecule has 0 fully saturated rings. The number of thiazole rings is 1. The van der Waals surface area contributed by atoms with Gasteiger partial charge in [0.2, 0.25) is 0 Å². The molecule has 2 N–H and O–H groups in total. The van der Waals surface area contributed by atoms with Crippen molar-refractivity contribution in [3.63, 3.8) is 0 Å². The van der Waals surface area contributed by atoms with Crippen LogP contribution in [0.4, 0.5) is 0 Å². The molecule has 0 aliphatic rings. The predicted molar refractivity (Wildman–Crippen MR) is 112 cm³/mol. The summed E-state index contributed by atoms with van der Waals surface area (Å²) in [7, 11) is 6.08. The molecular weight excluding hydrogens is 421 g/mol. The second kappa shape index (κ2) is 11.2. The molecule has 7 heteroatoms. The molecule has 0 aromatic carbocycles. The minimum absolute atomic E-state index is 0. The summed E-state index contributed by atoms with van der Waals surface area (Å²) < 4.78 is 0. The maximum atomic E-state index is 4.46. The van der Waals surface area contributed by atoms with E-state index in [9.17, 15) is 0 Å². The summed E-state index contributed by atoms with van der Waals surface area (Å²) in [6.45, 7) is 10.3. The number of nitrogens with zero attached hydrogens (tertiary/aromatic N) is 3. The van der Waals surface area contributed by atoms with E-state index in [1.165, 1.54) is 11.3 Å². The number of likely N-dealkylation sites (N-methyl/N-ethyl adjacent to an activating group) is 1. The van der Waals surface area contributed by atoms with Crippen molar-refractivity contribution in [3.05, 3.63) is 15.6 Å². The Morgan fingerprint density at radius 2 is 1.91 bits per heavy atom. The molecule has 23 heavy (non-hydrogen) atoms. The highest BCUT2D eigenvalue weighted by Gasteiger charge is 2.14. The molecule has 0 aliphatic carbocycles. The third kappa shape index (κ3) is 8.30. The van der Waals surface area contributed by atoms with E-state index < -0.39 is 0 Å². The Labute approximate surface area is 162 Å². The number of aryl methyl sites for hydroxylation is 2. The van der Waals surface area contributed by atoms with Crippen LogP contribution in [0, 0.1) is 19.8 Å². The zero-order chi connectivity index (χ0) is 16.7. The molecule has 0 saturated heterocycles. The summed E-state index contributed by atoms with van der Waals surface area (Å²) in [6.07, 6.45) is 1.17. The topological polar surface area (TPSA) is 52.6 Å². The van der Waals surface area contributed by atoms with Crippen molar-refractivity contribution in [2.75, 3.05) is 27.7 Å². The minimum atomic E-state index is 0. The molecule has 0 bridgehead atoms. The van der Waals surface area contributed by atoms with Crippen LogP contribution in [0.3, 0.4) is 0 Å². The average Bonchev–Trinajstić information content (AvgIpc) is 2.75. The van der Waals surface area contributed by atoms with Crippen molar-refractivity contribution < 1.29 is 0 Å². The fourth-order valence-corrected chi connectivity index (χ4v) is 3.23. The standard InChI is InChI=1S/C16H31N5S.HI/c1-11(2)8-14(21(6)7)9-18-16(17-5)19-10-15-12(3)20-13(4)22-15;/h11,14H,8-10H2,1-7H3,(H2,17,18,19);1H. The third-order valence-electron chi connectivity index (χ3n) is 3.62.